The van der Waals surface area contributed by atoms with Crippen LogP contribution in [0.2, 0.25) is 0 Å². The highest BCUT2D eigenvalue weighted by molar-refractivity contribution is 8.14. The summed E-state index contributed by atoms with van der Waals surface area (Å²) in [4.78, 5) is 8.83. The number of hydrogen-bond acceptors (Lipinski definition) is 4. The van der Waals surface area contributed by atoms with Gasteiger partial charge in [0.1, 0.15) is 6.33 Å². The summed E-state index contributed by atoms with van der Waals surface area (Å²) in [6.45, 7) is 0.773. The summed E-state index contributed by atoms with van der Waals surface area (Å²) in [7, 11) is 1.89. The highest BCUT2D eigenvalue weighted by Crippen LogP contribution is 2.37. The maximum Gasteiger partial charge on any atom is 0.157 e. The second-order valence-electron chi connectivity index (χ2n) is 5.17. The van der Waals surface area contributed by atoms with Crippen LogP contribution in [0, 0.1) is 0 Å². The Morgan fingerprint density at radius 3 is 3.06 bits per heavy atom. The first kappa shape index (κ1) is 12.0. The van der Waals surface area contributed by atoms with Crippen molar-refractivity contribution < 1.29 is 0 Å². The summed E-state index contributed by atoms with van der Waals surface area (Å²) in [5.74, 6) is 2.06. The minimum atomic E-state index is 0.368. The molecule has 1 spiro atoms. The fraction of sp³-hybridized carbons (Fsp3) is 0.750. The van der Waals surface area contributed by atoms with Gasteiger partial charge in [-0.1, -0.05) is 24.6 Å². The molecule has 98 valence electrons. The van der Waals surface area contributed by atoms with Crippen LogP contribution in [0.25, 0.3) is 0 Å². The van der Waals surface area contributed by atoms with Crippen LogP contribution >= 0.6 is 11.8 Å². The minimum Gasteiger partial charge on any atom is -0.359 e. The molecule has 0 amide bonds. The standard InChI is InChI=1S/C12H19N5S/c1-17-9-14-10(16-17)4-7-13-11-15-12(8-18-11)5-2-3-6-12/h9H,2-8H2,1H3,(H,13,15). The number of aliphatic imine (C=N–C) groups is 1. The molecule has 0 aromatic carbocycles. The molecule has 2 aliphatic rings. The highest BCUT2D eigenvalue weighted by Gasteiger charge is 2.39. The first-order chi connectivity index (χ1) is 8.76. The smallest absolute Gasteiger partial charge is 0.157 e. The third-order valence-corrected chi connectivity index (χ3v) is 4.86. The highest BCUT2D eigenvalue weighted by atomic mass is 32.2. The normalized spacial score (nSPS) is 23.9. The van der Waals surface area contributed by atoms with Gasteiger partial charge in [-0.05, 0) is 12.8 Å². The maximum absolute atomic E-state index is 4.63. The van der Waals surface area contributed by atoms with Gasteiger partial charge in [0.2, 0.25) is 0 Å². The van der Waals surface area contributed by atoms with Gasteiger partial charge in [0, 0.05) is 31.3 Å². The van der Waals surface area contributed by atoms with Crippen LogP contribution in [-0.2, 0) is 13.5 Å². The van der Waals surface area contributed by atoms with Crippen molar-refractivity contribution in [3.63, 3.8) is 0 Å². The third-order valence-electron chi connectivity index (χ3n) is 3.66. The second-order valence-corrected chi connectivity index (χ2v) is 6.14. The minimum absolute atomic E-state index is 0.368. The summed E-state index contributed by atoms with van der Waals surface area (Å²) < 4.78 is 1.73. The summed E-state index contributed by atoms with van der Waals surface area (Å²) >= 11 is 1.87. The molecule has 1 aliphatic carbocycles. The van der Waals surface area contributed by atoms with Crippen LogP contribution in [0.3, 0.4) is 0 Å². The zero-order valence-corrected chi connectivity index (χ0v) is 11.5. The molecule has 1 aromatic rings. The molecule has 6 heteroatoms. The Hall–Kier alpha value is -1.04. The molecule has 3 rings (SSSR count). The van der Waals surface area contributed by atoms with Gasteiger partial charge < -0.3 is 5.32 Å². The molecule has 1 aliphatic heterocycles. The Kier molecular flexibility index (Phi) is 3.28. The topological polar surface area (TPSA) is 55.1 Å². The summed E-state index contributed by atoms with van der Waals surface area (Å²) in [6, 6.07) is 0. The largest absolute Gasteiger partial charge is 0.359 e. The van der Waals surface area contributed by atoms with Gasteiger partial charge in [-0.2, -0.15) is 5.10 Å². The lowest BCUT2D eigenvalue weighted by atomic mass is 10.0. The molecule has 2 heterocycles. The van der Waals surface area contributed by atoms with E-state index in [9.17, 15) is 0 Å². The van der Waals surface area contributed by atoms with Crippen molar-refractivity contribution in [1.29, 1.82) is 0 Å². The summed E-state index contributed by atoms with van der Waals surface area (Å²) in [5, 5.41) is 9.00. The Bertz CT molecular complexity index is 447. The summed E-state index contributed by atoms with van der Waals surface area (Å²) in [6.07, 6.45) is 7.89. The summed E-state index contributed by atoms with van der Waals surface area (Å²) in [5.41, 5.74) is 0.368. The predicted molar refractivity (Wildman–Crippen MR) is 73.8 cm³/mol. The monoisotopic (exact) mass is 265 g/mol. The quantitative estimate of drug-likeness (QED) is 0.896. The first-order valence-electron chi connectivity index (χ1n) is 6.56. The lowest BCUT2D eigenvalue weighted by Crippen LogP contribution is -2.40. The van der Waals surface area contributed by atoms with Crippen molar-refractivity contribution >= 4 is 16.9 Å². The van der Waals surface area contributed by atoms with Gasteiger partial charge in [0.05, 0.1) is 0 Å². The van der Waals surface area contributed by atoms with Crippen molar-refractivity contribution in [3.8, 4) is 0 Å². The van der Waals surface area contributed by atoms with E-state index in [0.29, 0.717) is 5.54 Å². The van der Waals surface area contributed by atoms with E-state index in [1.807, 2.05) is 18.8 Å². The van der Waals surface area contributed by atoms with Gasteiger partial charge in [-0.25, -0.2) is 4.98 Å². The Morgan fingerprint density at radius 1 is 1.50 bits per heavy atom. The lowest BCUT2D eigenvalue weighted by Gasteiger charge is -2.21. The lowest BCUT2D eigenvalue weighted by molar-refractivity contribution is 0.452. The zero-order valence-electron chi connectivity index (χ0n) is 10.7. The fourth-order valence-corrected chi connectivity index (χ4v) is 3.91. The molecule has 0 radical (unpaired) electrons. The average Bonchev–Trinajstić information content (AvgIpc) is 3.05. The van der Waals surface area contributed by atoms with E-state index in [0.717, 1.165) is 24.0 Å². The Morgan fingerprint density at radius 2 is 2.33 bits per heavy atom. The molecule has 1 aromatic heterocycles. The van der Waals surface area contributed by atoms with E-state index in [4.69, 9.17) is 0 Å². The molecule has 2 fully saturated rings. The van der Waals surface area contributed by atoms with Crippen molar-refractivity contribution in [2.24, 2.45) is 12.0 Å². The van der Waals surface area contributed by atoms with Crippen molar-refractivity contribution in [2.75, 3.05) is 12.3 Å². The first-order valence-corrected chi connectivity index (χ1v) is 7.54. The van der Waals surface area contributed by atoms with E-state index in [-0.39, 0.29) is 0 Å². The van der Waals surface area contributed by atoms with Gasteiger partial charge in [0.25, 0.3) is 0 Å². The van der Waals surface area contributed by atoms with E-state index in [1.54, 1.807) is 11.0 Å². The third kappa shape index (κ3) is 2.53. The molecule has 0 bridgehead atoms. The molecule has 18 heavy (non-hydrogen) atoms. The van der Waals surface area contributed by atoms with Crippen LogP contribution in [0.15, 0.2) is 11.3 Å². The van der Waals surface area contributed by atoms with Crippen LogP contribution in [0.5, 0.6) is 0 Å². The average molecular weight is 265 g/mol. The number of nitrogens with one attached hydrogen (secondary N) is 1. The van der Waals surface area contributed by atoms with Gasteiger partial charge in [-0.15, -0.1) is 0 Å². The number of hydrogen-bond donors (Lipinski definition) is 1. The molecule has 0 unspecified atom stereocenters. The molecule has 1 N–H and O–H groups in total. The van der Waals surface area contributed by atoms with E-state index >= 15 is 0 Å². The van der Waals surface area contributed by atoms with Crippen molar-refractivity contribution in [2.45, 2.75) is 37.6 Å². The second kappa shape index (κ2) is 4.91. The number of amidine groups is 1. The number of aryl methyl sites for hydroxylation is 1. The number of nitrogens with zero attached hydrogens (tertiary/aromatic N) is 4. The Labute approximate surface area is 111 Å². The van der Waals surface area contributed by atoms with Crippen LogP contribution in [0.1, 0.15) is 31.5 Å². The van der Waals surface area contributed by atoms with Gasteiger partial charge >= 0.3 is 0 Å². The number of rotatable bonds is 3. The van der Waals surface area contributed by atoms with Gasteiger partial charge in [0.15, 0.2) is 11.0 Å². The van der Waals surface area contributed by atoms with E-state index < -0.39 is 0 Å². The maximum atomic E-state index is 4.63. The molecule has 1 saturated carbocycles. The van der Waals surface area contributed by atoms with Crippen LogP contribution in [0.4, 0.5) is 0 Å². The van der Waals surface area contributed by atoms with E-state index in [2.05, 4.69) is 20.4 Å². The van der Waals surface area contributed by atoms with Crippen LogP contribution < -0.4 is 5.32 Å². The molecule has 0 atom stereocenters. The molecular weight excluding hydrogens is 246 g/mol. The molecular formula is C12H19N5S. The number of thioether (sulfide) groups is 1. The van der Waals surface area contributed by atoms with E-state index in [1.165, 1.54) is 31.4 Å². The predicted octanol–water partition coefficient (Wildman–Crippen LogP) is 1.36. The fourth-order valence-electron chi connectivity index (χ4n) is 2.67. The van der Waals surface area contributed by atoms with Crippen LogP contribution in [-0.4, -0.2) is 37.8 Å². The molecule has 1 saturated heterocycles. The van der Waals surface area contributed by atoms with Crippen molar-refractivity contribution in [3.05, 3.63) is 12.2 Å². The molecule has 5 nitrogen and oxygen atoms in total. The SMILES string of the molecule is Cn1cnc(CCN=C2NC3(CCCC3)CS2)n1. The van der Waals surface area contributed by atoms with Gasteiger partial charge in [-0.3, -0.25) is 9.67 Å². The Balaban J connectivity index is 1.52. The van der Waals surface area contributed by atoms with Crippen molar-refractivity contribution in [1.82, 2.24) is 20.1 Å². The zero-order chi connectivity index (χ0) is 12.4. The number of aromatic nitrogens is 3.